The second-order valence-corrected chi connectivity index (χ2v) is 9.34. The van der Waals surface area contributed by atoms with Crippen LogP contribution in [0.25, 0.3) is 0 Å². The Hall–Kier alpha value is -3.39. The van der Waals surface area contributed by atoms with Crippen molar-refractivity contribution in [2.24, 2.45) is 5.92 Å². The lowest BCUT2D eigenvalue weighted by molar-refractivity contribution is -0.150. The second kappa shape index (κ2) is 9.46. The monoisotopic (exact) mass is 481 g/mol. The van der Waals surface area contributed by atoms with Crippen molar-refractivity contribution < 1.29 is 28.6 Å². The van der Waals surface area contributed by atoms with Crippen molar-refractivity contribution in [1.29, 1.82) is 0 Å². The van der Waals surface area contributed by atoms with Crippen LogP contribution in [0.3, 0.4) is 0 Å². The summed E-state index contributed by atoms with van der Waals surface area (Å²) in [6, 6.07) is 9.31. The van der Waals surface area contributed by atoms with Crippen LogP contribution >= 0.6 is 11.3 Å². The van der Waals surface area contributed by atoms with Gasteiger partial charge < -0.3 is 19.5 Å². The van der Waals surface area contributed by atoms with Gasteiger partial charge in [-0.2, -0.15) is 0 Å². The molecule has 8 heteroatoms. The average molecular weight is 482 g/mol. The van der Waals surface area contributed by atoms with Crippen molar-refractivity contribution in [3.63, 3.8) is 0 Å². The number of hydrogen-bond donors (Lipinski definition) is 1. The number of carbonyl (C=O) groups is 3. The topological polar surface area (TPSA) is 90.9 Å². The smallest absolute Gasteiger partial charge is 0.336 e. The number of methoxy groups -OCH3 is 3. The fourth-order valence-corrected chi connectivity index (χ4v) is 5.96. The first-order valence-corrected chi connectivity index (χ1v) is 11.8. The number of benzene rings is 1. The summed E-state index contributed by atoms with van der Waals surface area (Å²) in [7, 11) is 4.19. The molecule has 178 valence electrons. The fraction of sp³-hybridized carbons (Fsp3) is 0.346. The van der Waals surface area contributed by atoms with Crippen LogP contribution in [0.1, 0.15) is 41.2 Å². The van der Waals surface area contributed by atoms with E-state index >= 15 is 0 Å². The van der Waals surface area contributed by atoms with Gasteiger partial charge in [0.15, 0.2) is 5.78 Å². The molecule has 1 aliphatic carbocycles. The van der Waals surface area contributed by atoms with Gasteiger partial charge >= 0.3 is 11.9 Å². The number of Topliss-reactive ketones (excluding diaryl/α,β-unsaturated/α-hetero) is 1. The molecule has 0 unspecified atom stereocenters. The molecule has 7 nitrogen and oxygen atoms in total. The SMILES string of the molecule is COC(=O)C1=C(C)NC2=C(C(=O)[C@@H](C(=O)OC)[C@@H](c3ccc(OC)cc3)C2)[C@H]1c1sccc1C. The minimum Gasteiger partial charge on any atom is -0.497 e. The molecule has 0 saturated carbocycles. The predicted molar refractivity (Wildman–Crippen MR) is 128 cm³/mol. The number of thiophene rings is 1. The molecular formula is C26H27NO6S. The van der Waals surface area contributed by atoms with Gasteiger partial charge in [-0.25, -0.2) is 4.79 Å². The third-order valence-corrected chi connectivity index (χ3v) is 7.67. The molecule has 4 rings (SSSR count). The maximum atomic E-state index is 14.1. The van der Waals surface area contributed by atoms with Crippen molar-refractivity contribution in [2.75, 3.05) is 21.3 Å². The lowest BCUT2D eigenvalue weighted by Crippen LogP contribution is -2.43. The summed E-state index contributed by atoms with van der Waals surface area (Å²) in [5.41, 5.74) is 3.97. The molecule has 2 aromatic rings. The Labute approximate surface area is 202 Å². The number of rotatable bonds is 5. The number of esters is 2. The molecule has 0 bridgehead atoms. The third kappa shape index (κ3) is 3.92. The van der Waals surface area contributed by atoms with E-state index < -0.39 is 29.7 Å². The Morgan fingerprint density at radius 3 is 2.29 bits per heavy atom. The number of carbonyl (C=O) groups excluding carboxylic acids is 3. The maximum absolute atomic E-state index is 14.1. The van der Waals surface area contributed by atoms with Gasteiger partial charge in [0, 0.05) is 27.8 Å². The molecule has 2 heterocycles. The van der Waals surface area contributed by atoms with Crippen molar-refractivity contribution >= 4 is 29.1 Å². The summed E-state index contributed by atoms with van der Waals surface area (Å²) in [6.07, 6.45) is 0.417. The second-order valence-electron chi connectivity index (χ2n) is 8.40. The molecule has 2 aliphatic rings. The van der Waals surface area contributed by atoms with Crippen LogP contribution in [0.5, 0.6) is 5.75 Å². The van der Waals surface area contributed by atoms with E-state index in [0.29, 0.717) is 34.7 Å². The normalized spacial score (nSPS) is 22.1. The van der Waals surface area contributed by atoms with Crippen molar-refractivity contribution in [1.82, 2.24) is 5.32 Å². The molecule has 0 saturated heterocycles. The predicted octanol–water partition coefficient (Wildman–Crippen LogP) is 4.00. The van der Waals surface area contributed by atoms with Crippen LogP contribution < -0.4 is 10.1 Å². The Morgan fingerprint density at radius 2 is 1.74 bits per heavy atom. The minimum absolute atomic E-state index is 0.340. The number of ether oxygens (including phenoxy) is 3. The summed E-state index contributed by atoms with van der Waals surface area (Å²) in [5.74, 6) is -2.81. The summed E-state index contributed by atoms with van der Waals surface area (Å²) in [6.45, 7) is 3.76. The summed E-state index contributed by atoms with van der Waals surface area (Å²) in [4.78, 5) is 40.7. The van der Waals surface area contributed by atoms with E-state index in [4.69, 9.17) is 14.2 Å². The van der Waals surface area contributed by atoms with Crippen molar-refractivity contribution in [3.05, 3.63) is 74.3 Å². The lowest BCUT2D eigenvalue weighted by atomic mass is 9.68. The number of ketones is 1. The molecule has 1 aliphatic heterocycles. The van der Waals surface area contributed by atoms with Gasteiger partial charge in [0.05, 0.1) is 32.8 Å². The van der Waals surface area contributed by atoms with Crippen LogP contribution in [0.2, 0.25) is 0 Å². The highest BCUT2D eigenvalue weighted by Gasteiger charge is 2.49. The number of dihydropyridines is 1. The average Bonchev–Trinajstić information content (AvgIpc) is 3.27. The quantitative estimate of drug-likeness (QED) is 0.510. The molecule has 1 aromatic heterocycles. The van der Waals surface area contributed by atoms with Gasteiger partial charge in [-0.15, -0.1) is 11.3 Å². The van der Waals surface area contributed by atoms with E-state index in [1.807, 2.05) is 49.6 Å². The molecule has 0 radical (unpaired) electrons. The molecule has 0 spiro atoms. The van der Waals surface area contributed by atoms with Crippen LogP contribution in [-0.2, 0) is 23.9 Å². The number of aryl methyl sites for hydroxylation is 1. The molecule has 0 fully saturated rings. The van der Waals surface area contributed by atoms with Crippen molar-refractivity contribution in [3.8, 4) is 5.75 Å². The van der Waals surface area contributed by atoms with E-state index in [0.717, 1.165) is 16.0 Å². The molecule has 34 heavy (non-hydrogen) atoms. The number of hydrogen-bond acceptors (Lipinski definition) is 8. The molecule has 3 atom stereocenters. The molecule has 1 aromatic carbocycles. The van der Waals surface area contributed by atoms with Crippen LogP contribution in [0.15, 0.2) is 58.3 Å². The van der Waals surface area contributed by atoms with Crippen molar-refractivity contribution in [2.45, 2.75) is 32.1 Å². The first-order valence-electron chi connectivity index (χ1n) is 10.9. The van der Waals surface area contributed by atoms with E-state index in [1.165, 1.54) is 25.6 Å². The maximum Gasteiger partial charge on any atom is 0.336 e. The Bertz CT molecular complexity index is 1210. The Balaban J connectivity index is 1.89. The highest BCUT2D eigenvalue weighted by atomic mass is 32.1. The fourth-order valence-electron chi connectivity index (χ4n) is 4.92. The summed E-state index contributed by atoms with van der Waals surface area (Å²) < 4.78 is 15.4. The summed E-state index contributed by atoms with van der Waals surface area (Å²) in [5, 5.41) is 5.22. The Morgan fingerprint density at radius 1 is 1.03 bits per heavy atom. The standard InChI is InChI=1S/C26H27NO6S/c1-13-10-11-34-24(13)22-19(25(29)32-4)14(2)27-18-12-17(15-6-8-16(31-3)9-7-15)20(26(30)33-5)23(28)21(18)22/h6-11,17,20,22,27H,12H2,1-5H3/t17-,20+,22+/m1/s1. The minimum atomic E-state index is -1.03. The van der Waals surface area contributed by atoms with Crippen LogP contribution in [0, 0.1) is 12.8 Å². The van der Waals surface area contributed by atoms with E-state index in [-0.39, 0.29) is 5.78 Å². The first kappa shape index (κ1) is 23.8. The zero-order chi connectivity index (χ0) is 24.6. The highest BCUT2D eigenvalue weighted by Crippen LogP contribution is 2.49. The lowest BCUT2D eigenvalue weighted by Gasteiger charge is -2.39. The van der Waals surface area contributed by atoms with Gasteiger partial charge in [-0.1, -0.05) is 12.1 Å². The van der Waals surface area contributed by atoms with Crippen LogP contribution in [0.4, 0.5) is 0 Å². The number of nitrogens with one attached hydrogen (secondary N) is 1. The molecular weight excluding hydrogens is 454 g/mol. The number of allylic oxidation sites excluding steroid dienone is 3. The van der Waals surface area contributed by atoms with Gasteiger partial charge in [-0.05, 0) is 55.0 Å². The zero-order valence-electron chi connectivity index (χ0n) is 19.8. The van der Waals surface area contributed by atoms with E-state index in [1.54, 1.807) is 7.11 Å². The van der Waals surface area contributed by atoms with E-state index in [2.05, 4.69) is 5.32 Å². The van der Waals surface area contributed by atoms with Gasteiger partial charge in [0.2, 0.25) is 0 Å². The van der Waals surface area contributed by atoms with Gasteiger partial charge in [0.25, 0.3) is 0 Å². The van der Waals surface area contributed by atoms with Gasteiger partial charge in [0.1, 0.15) is 11.7 Å². The van der Waals surface area contributed by atoms with Crippen LogP contribution in [-0.4, -0.2) is 39.1 Å². The highest BCUT2D eigenvalue weighted by molar-refractivity contribution is 7.10. The summed E-state index contributed by atoms with van der Waals surface area (Å²) >= 11 is 1.48. The first-order chi connectivity index (χ1) is 16.3. The Kier molecular flexibility index (Phi) is 6.61. The molecule has 1 N–H and O–H groups in total. The zero-order valence-corrected chi connectivity index (χ0v) is 20.6. The van der Waals surface area contributed by atoms with Gasteiger partial charge in [-0.3, -0.25) is 9.59 Å². The molecule has 0 amide bonds. The van der Waals surface area contributed by atoms with E-state index in [9.17, 15) is 14.4 Å². The largest absolute Gasteiger partial charge is 0.497 e. The third-order valence-electron chi connectivity index (χ3n) is 6.59.